The predicted octanol–water partition coefficient (Wildman–Crippen LogP) is 5.17. The normalized spacial score (nSPS) is 12.0. The average Bonchev–Trinajstić information content (AvgIpc) is 2.97. The van der Waals surface area contributed by atoms with Gasteiger partial charge in [-0.3, -0.25) is 13.9 Å². The van der Waals surface area contributed by atoms with E-state index in [-0.39, 0.29) is 39.7 Å². The molecule has 1 N–H and O–H groups in total. The third-order valence-corrected chi connectivity index (χ3v) is 8.58. The third kappa shape index (κ3) is 8.47. The molecule has 0 saturated carbocycles. The van der Waals surface area contributed by atoms with E-state index >= 15 is 0 Å². The van der Waals surface area contributed by atoms with Crippen molar-refractivity contribution in [1.29, 1.82) is 0 Å². The molecule has 0 radical (unpaired) electrons. The first-order chi connectivity index (χ1) is 19.6. The molecule has 8 nitrogen and oxygen atoms in total. The van der Waals surface area contributed by atoms with E-state index in [2.05, 4.69) is 5.32 Å². The van der Waals surface area contributed by atoms with E-state index in [9.17, 15) is 18.0 Å². The van der Waals surface area contributed by atoms with E-state index in [0.717, 1.165) is 9.87 Å². The van der Waals surface area contributed by atoms with Crippen LogP contribution in [0.3, 0.4) is 0 Å². The minimum atomic E-state index is -4.23. The summed E-state index contributed by atoms with van der Waals surface area (Å²) in [6.45, 7) is 5.94. The highest BCUT2D eigenvalue weighted by molar-refractivity contribution is 7.92. The summed E-state index contributed by atoms with van der Waals surface area (Å²) >= 11 is 6.28. The molecule has 2 amide bonds. The molecule has 0 bridgehead atoms. The van der Waals surface area contributed by atoms with Crippen molar-refractivity contribution in [2.24, 2.45) is 5.92 Å². The number of anilines is 1. The first-order valence-corrected chi connectivity index (χ1v) is 15.4. The van der Waals surface area contributed by atoms with E-state index in [1.807, 2.05) is 51.1 Å². The molecule has 0 aliphatic rings. The molecular weight excluding hydrogens is 562 g/mol. The van der Waals surface area contributed by atoms with E-state index in [1.54, 1.807) is 30.3 Å². The number of halogens is 1. The molecule has 0 heterocycles. The van der Waals surface area contributed by atoms with Crippen LogP contribution < -0.4 is 14.4 Å². The van der Waals surface area contributed by atoms with Crippen LogP contribution in [0.1, 0.15) is 32.8 Å². The van der Waals surface area contributed by atoms with Crippen LogP contribution in [0.15, 0.2) is 83.8 Å². The van der Waals surface area contributed by atoms with Crippen LogP contribution in [0, 0.1) is 5.92 Å². The number of sulfonamides is 1. The molecule has 0 aliphatic carbocycles. The Bertz CT molecular complexity index is 1400. The summed E-state index contributed by atoms with van der Waals surface area (Å²) in [6, 6.07) is 21.3. The molecule has 10 heteroatoms. The van der Waals surface area contributed by atoms with Crippen LogP contribution in [0.25, 0.3) is 0 Å². The lowest BCUT2D eigenvalue weighted by atomic mass is 10.1. The maximum atomic E-state index is 14.1. The Balaban J connectivity index is 2.05. The Labute approximate surface area is 248 Å². The number of rotatable bonds is 14. The predicted molar refractivity (Wildman–Crippen MR) is 163 cm³/mol. The number of carbonyl (C=O) groups excluding carboxylic acids is 2. The number of nitrogens with zero attached hydrogens (tertiary/aromatic N) is 2. The monoisotopic (exact) mass is 599 g/mol. The first kappa shape index (κ1) is 32.0. The number of amides is 2. The quantitative estimate of drug-likeness (QED) is 0.276. The van der Waals surface area contributed by atoms with Gasteiger partial charge in [0.25, 0.3) is 10.0 Å². The fourth-order valence-electron chi connectivity index (χ4n) is 4.41. The number of carbonyl (C=O) groups is 2. The fraction of sp³-hybridized carbons (Fsp3) is 0.355. The summed E-state index contributed by atoms with van der Waals surface area (Å²) in [4.78, 5) is 28.9. The van der Waals surface area contributed by atoms with Crippen molar-refractivity contribution < 1.29 is 22.7 Å². The summed E-state index contributed by atoms with van der Waals surface area (Å²) < 4.78 is 34.4. The van der Waals surface area contributed by atoms with Gasteiger partial charge in [-0.05, 0) is 54.7 Å². The minimum Gasteiger partial charge on any atom is -0.495 e. The largest absolute Gasteiger partial charge is 0.495 e. The summed E-state index contributed by atoms with van der Waals surface area (Å²) in [5, 5.41) is 3.21. The van der Waals surface area contributed by atoms with Crippen molar-refractivity contribution in [2.45, 2.75) is 44.6 Å². The standard InChI is InChI=1S/C31H38ClN3O5S/c1-5-27(31(37)33-21-23(2)3)34(19-18-24-12-8-6-9-13-24)30(36)22-35(28-20-25(32)16-17-29(28)40-4)41(38,39)26-14-10-7-11-15-26/h6-17,20,23,27H,5,18-19,21-22H2,1-4H3,(H,33,37)/t27-/m1/s1. The Morgan fingerprint density at radius 2 is 1.61 bits per heavy atom. The number of hydrogen-bond donors (Lipinski definition) is 1. The van der Waals surface area contributed by atoms with E-state index in [4.69, 9.17) is 16.3 Å². The van der Waals surface area contributed by atoms with Crippen molar-refractivity contribution >= 4 is 39.1 Å². The van der Waals surface area contributed by atoms with Gasteiger partial charge in [0.2, 0.25) is 11.8 Å². The molecule has 3 rings (SSSR count). The lowest BCUT2D eigenvalue weighted by Gasteiger charge is -2.33. The van der Waals surface area contributed by atoms with Gasteiger partial charge in [-0.15, -0.1) is 0 Å². The molecule has 0 fully saturated rings. The maximum Gasteiger partial charge on any atom is 0.264 e. The smallest absolute Gasteiger partial charge is 0.264 e. The van der Waals surface area contributed by atoms with Crippen molar-refractivity contribution in [3.63, 3.8) is 0 Å². The Kier molecular flexibility index (Phi) is 11.6. The van der Waals surface area contributed by atoms with Crippen LogP contribution in [-0.2, 0) is 26.0 Å². The maximum absolute atomic E-state index is 14.1. The van der Waals surface area contributed by atoms with Gasteiger partial charge in [0, 0.05) is 18.1 Å². The van der Waals surface area contributed by atoms with Crippen molar-refractivity contribution in [2.75, 3.05) is 31.0 Å². The molecule has 0 spiro atoms. The number of benzene rings is 3. The summed E-state index contributed by atoms with van der Waals surface area (Å²) in [5.74, 6) is -0.333. The van der Waals surface area contributed by atoms with Crippen LogP contribution >= 0.6 is 11.6 Å². The van der Waals surface area contributed by atoms with Gasteiger partial charge in [0.1, 0.15) is 18.3 Å². The zero-order valence-electron chi connectivity index (χ0n) is 23.9. The molecule has 0 aliphatic heterocycles. The van der Waals surface area contributed by atoms with Gasteiger partial charge in [-0.2, -0.15) is 0 Å². The topological polar surface area (TPSA) is 96.0 Å². The molecule has 220 valence electrons. The second-order valence-electron chi connectivity index (χ2n) is 10.0. The summed E-state index contributed by atoms with van der Waals surface area (Å²) in [7, 11) is -2.81. The summed E-state index contributed by atoms with van der Waals surface area (Å²) in [5.41, 5.74) is 1.12. The molecule has 41 heavy (non-hydrogen) atoms. The van der Waals surface area contributed by atoms with E-state index in [0.29, 0.717) is 19.4 Å². The van der Waals surface area contributed by atoms with Gasteiger partial charge < -0.3 is 15.0 Å². The van der Waals surface area contributed by atoms with Crippen molar-refractivity contribution in [3.05, 3.63) is 89.4 Å². The highest BCUT2D eigenvalue weighted by Crippen LogP contribution is 2.35. The molecule has 1 atom stereocenters. The Morgan fingerprint density at radius 1 is 0.976 bits per heavy atom. The van der Waals surface area contributed by atoms with E-state index < -0.39 is 28.5 Å². The average molecular weight is 600 g/mol. The minimum absolute atomic E-state index is 0.00684. The number of nitrogens with one attached hydrogen (secondary N) is 1. The lowest BCUT2D eigenvalue weighted by molar-refractivity contribution is -0.139. The van der Waals surface area contributed by atoms with Gasteiger partial charge in [-0.25, -0.2) is 8.42 Å². The summed E-state index contributed by atoms with van der Waals surface area (Å²) in [6.07, 6.45) is 0.850. The van der Waals surface area contributed by atoms with Gasteiger partial charge in [0.05, 0.1) is 17.7 Å². The molecule has 3 aromatic rings. The molecular formula is C31H38ClN3O5S. The number of hydrogen-bond acceptors (Lipinski definition) is 5. The zero-order valence-corrected chi connectivity index (χ0v) is 25.5. The highest BCUT2D eigenvalue weighted by atomic mass is 35.5. The molecule has 0 unspecified atom stereocenters. The second-order valence-corrected chi connectivity index (χ2v) is 12.3. The lowest BCUT2D eigenvalue weighted by Crippen LogP contribution is -2.53. The van der Waals surface area contributed by atoms with E-state index in [1.165, 1.54) is 30.2 Å². The Hall–Kier alpha value is -3.56. The number of ether oxygens (including phenoxy) is 1. The molecule has 3 aromatic carbocycles. The highest BCUT2D eigenvalue weighted by Gasteiger charge is 2.34. The first-order valence-electron chi connectivity index (χ1n) is 13.6. The number of methoxy groups -OCH3 is 1. The van der Waals surface area contributed by atoms with Gasteiger partial charge in [0.15, 0.2) is 0 Å². The second kappa shape index (κ2) is 14.9. The van der Waals surface area contributed by atoms with Gasteiger partial charge >= 0.3 is 0 Å². The SMILES string of the molecule is CC[C@H](C(=O)NCC(C)C)N(CCc1ccccc1)C(=O)CN(c1cc(Cl)ccc1OC)S(=O)(=O)c1ccccc1. The van der Waals surface area contributed by atoms with Crippen LogP contribution in [0.2, 0.25) is 5.02 Å². The fourth-order valence-corrected chi connectivity index (χ4v) is 6.01. The van der Waals surface area contributed by atoms with Gasteiger partial charge in [-0.1, -0.05) is 80.9 Å². The Morgan fingerprint density at radius 3 is 2.20 bits per heavy atom. The van der Waals surface area contributed by atoms with Crippen molar-refractivity contribution in [1.82, 2.24) is 10.2 Å². The van der Waals surface area contributed by atoms with Crippen LogP contribution in [0.4, 0.5) is 5.69 Å². The van der Waals surface area contributed by atoms with Crippen molar-refractivity contribution in [3.8, 4) is 5.75 Å². The van der Waals surface area contributed by atoms with Crippen LogP contribution in [0.5, 0.6) is 5.75 Å². The molecule has 0 aromatic heterocycles. The molecule has 0 saturated heterocycles. The zero-order chi connectivity index (χ0) is 30.0. The third-order valence-electron chi connectivity index (χ3n) is 6.57. The van der Waals surface area contributed by atoms with Crippen LogP contribution in [-0.4, -0.2) is 57.9 Å².